The van der Waals surface area contributed by atoms with Crippen LogP contribution in [0.5, 0.6) is 5.75 Å². The predicted molar refractivity (Wildman–Crippen MR) is 67.2 cm³/mol. The molecule has 0 aliphatic heterocycles. The lowest BCUT2D eigenvalue weighted by molar-refractivity contribution is 0.103. The molecule has 3 nitrogen and oxygen atoms in total. The monoisotopic (exact) mass is 263 g/mol. The maximum Gasteiger partial charge on any atom is 0.197 e. The maximum atomic E-state index is 13.2. The van der Waals surface area contributed by atoms with Crippen molar-refractivity contribution in [2.24, 2.45) is 0 Å². The summed E-state index contributed by atoms with van der Waals surface area (Å²) in [6.07, 6.45) is 0. The van der Waals surface area contributed by atoms with Crippen LogP contribution in [0.4, 0.5) is 14.5 Å². The fourth-order valence-corrected chi connectivity index (χ4v) is 1.76. The summed E-state index contributed by atoms with van der Waals surface area (Å²) in [5.41, 5.74) is 5.67. The van der Waals surface area contributed by atoms with Gasteiger partial charge in [-0.05, 0) is 36.4 Å². The fraction of sp³-hybridized carbons (Fsp3) is 0.0714. The summed E-state index contributed by atoms with van der Waals surface area (Å²) in [6, 6.07) is 7.03. The van der Waals surface area contributed by atoms with Crippen molar-refractivity contribution in [3.8, 4) is 5.75 Å². The highest BCUT2D eigenvalue weighted by molar-refractivity contribution is 6.11. The zero-order valence-electron chi connectivity index (χ0n) is 10.1. The summed E-state index contributed by atoms with van der Waals surface area (Å²) in [5.74, 6) is -1.54. The van der Waals surface area contributed by atoms with Crippen LogP contribution in [0.15, 0.2) is 36.4 Å². The number of rotatable bonds is 3. The molecule has 0 amide bonds. The van der Waals surface area contributed by atoms with Gasteiger partial charge in [0.1, 0.15) is 17.4 Å². The summed E-state index contributed by atoms with van der Waals surface area (Å²) in [7, 11) is 1.37. The van der Waals surface area contributed by atoms with Gasteiger partial charge in [0.25, 0.3) is 0 Å². The van der Waals surface area contributed by atoms with E-state index in [1.165, 1.54) is 25.3 Å². The minimum absolute atomic E-state index is 0.0208. The smallest absolute Gasteiger partial charge is 0.197 e. The molecule has 0 atom stereocenters. The first-order valence-corrected chi connectivity index (χ1v) is 5.45. The standard InChI is InChI=1S/C14H11F2NO2/c1-19-13-3-2-9(15)7-12(13)14(18)8-4-10(16)6-11(17)5-8/h2-7H,17H2,1H3. The van der Waals surface area contributed by atoms with Crippen LogP contribution in [0.3, 0.4) is 0 Å². The molecule has 0 radical (unpaired) electrons. The van der Waals surface area contributed by atoms with Gasteiger partial charge in [-0.1, -0.05) is 0 Å². The van der Waals surface area contributed by atoms with Crippen LogP contribution in [0.2, 0.25) is 0 Å². The van der Waals surface area contributed by atoms with Crippen LogP contribution in [0, 0.1) is 11.6 Å². The average molecular weight is 263 g/mol. The summed E-state index contributed by atoms with van der Waals surface area (Å²) in [6.45, 7) is 0. The molecule has 2 aromatic rings. The summed E-state index contributed by atoms with van der Waals surface area (Å²) in [5, 5.41) is 0. The van der Waals surface area contributed by atoms with E-state index in [-0.39, 0.29) is 22.6 Å². The van der Waals surface area contributed by atoms with Crippen molar-refractivity contribution in [3.63, 3.8) is 0 Å². The molecule has 0 saturated carbocycles. The number of ether oxygens (including phenoxy) is 1. The first kappa shape index (κ1) is 13.0. The highest BCUT2D eigenvalue weighted by atomic mass is 19.1. The molecule has 0 heterocycles. The number of hydrogen-bond acceptors (Lipinski definition) is 3. The van der Waals surface area contributed by atoms with E-state index in [1.807, 2.05) is 0 Å². The minimum atomic E-state index is -0.626. The number of halogens is 2. The lowest BCUT2D eigenvalue weighted by Crippen LogP contribution is -2.06. The number of nitrogens with two attached hydrogens (primary N) is 1. The van der Waals surface area contributed by atoms with Gasteiger partial charge in [0.05, 0.1) is 12.7 Å². The maximum absolute atomic E-state index is 13.2. The van der Waals surface area contributed by atoms with Crippen molar-refractivity contribution in [1.29, 1.82) is 0 Å². The molecule has 0 unspecified atom stereocenters. The van der Waals surface area contributed by atoms with Crippen LogP contribution in [0.25, 0.3) is 0 Å². The molecule has 0 aromatic heterocycles. The van der Waals surface area contributed by atoms with Crippen LogP contribution >= 0.6 is 0 Å². The Morgan fingerprint density at radius 3 is 2.47 bits per heavy atom. The quantitative estimate of drug-likeness (QED) is 0.684. The molecule has 19 heavy (non-hydrogen) atoms. The highest BCUT2D eigenvalue weighted by Crippen LogP contribution is 2.23. The molecular formula is C14H11F2NO2. The second-order valence-corrected chi connectivity index (χ2v) is 3.95. The Morgan fingerprint density at radius 2 is 1.84 bits per heavy atom. The molecule has 0 saturated heterocycles. The minimum Gasteiger partial charge on any atom is -0.496 e. The van der Waals surface area contributed by atoms with Gasteiger partial charge in [-0.2, -0.15) is 0 Å². The van der Waals surface area contributed by atoms with Gasteiger partial charge in [-0.3, -0.25) is 4.79 Å². The van der Waals surface area contributed by atoms with E-state index in [9.17, 15) is 13.6 Å². The van der Waals surface area contributed by atoms with Gasteiger partial charge in [-0.25, -0.2) is 8.78 Å². The van der Waals surface area contributed by atoms with E-state index in [0.717, 1.165) is 18.2 Å². The van der Waals surface area contributed by atoms with Crippen molar-refractivity contribution in [2.75, 3.05) is 12.8 Å². The molecule has 0 fully saturated rings. The van der Waals surface area contributed by atoms with Gasteiger partial charge < -0.3 is 10.5 Å². The number of carbonyl (C=O) groups excluding carboxylic acids is 1. The number of anilines is 1. The van der Waals surface area contributed by atoms with Crippen molar-refractivity contribution in [1.82, 2.24) is 0 Å². The normalized spacial score (nSPS) is 10.3. The number of carbonyl (C=O) groups is 1. The summed E-state index contributed by atoms with van der Waals surface area (Å²) >= 11 is 0. The van der Waals surface area contributed by atoms with Crippen LogP contribution in [0.1, 0.15) is 15.9 Å². The topological polar surface area (TPSA) is 52.3 Å². The Balaban J connectivity index is 2.52. The second-order valence-electron chi connectivity index (χ2n) is 3.95. The number of nitrogen functional groups attached to an aromatic ring is 1. The fourth-order valence-electron chi connectivity index (χ4n) is 1.76. The molecule has 0 bridgehead atoms. The third-order valence-corrected chi connectivity index (χ3v) is 2.59. The number of ketones is 1. The van der Waals surface area contributed by atoms with Gasteiger partial charge in [0, 0.05) is 11.3 Å². The van der Waals surface area contributed by atoms with Crippen LogP contribution < -0.4 is 10.5 Å². The Bertz CT molecular complexity index is 621. The van der Waals surface area contributed by atoms with Gasteiger partial charge in [0.2, 0.25) is 0 Å². The van der Waals surface area contributed by atoms with Gasteiger partial charge in [0.15, 0.2) is 5.78 Å². The molecule has 0 aliphatic carbocycles. The van der Waals surface area contributed by atoms with Gasteiger partial charge in [-0.15, -0.1) is 0 Å². The Morgan fingerprint density at radius 1 is 1.11 bits per heavy atom. The Kier molecular flexibility index (Phi) is 3.46. The van der Waals surface area contributed by atoms with Gasteiger partial charge >= 0.3 is 0 Å². The van der Waals surface area contributed by atoms with E-state index < -0.39 is 17.4 Å². The number of hydrogen-bond donors (Lipinski definition) is 1. The highest BCUT2D eigenvalue weighted by Gasteiger charge is 2.16. The molecule has 0 aliphatic rings. The van der Waals surface area contributed by atoms with E-state index in [1.54, 1.807) is 0 Å². The van der Waals surface area contributed by atoms with E-state index in [0.29, 0.717) is 0 Å². The average Bonchev–Trinajstić information content (AvgIpc) is 2.36. The number of benzene rings is 2. The lowest BCUT2D eigenvalue weighted by Gasteiger charge is -2.08. The zero-order chi connectivity index (χ0) is 14.0. The van der Waals surface area contributed by atoms with Crippen molar-refractivity contribution >= 4 is 11.5 Å². The first-order chi connectivity index (χ1) is 9.01. The third-order valence-electron chi connectivity index (χ3n) is 2.59. The molecular weight excluding hydrogens is 252 g/mol. The van der Waals surface area contributed by atoms with Crippen LogP contribution in [-0.2, 0) is 0 Å². The molecule has 2 rings (SSSR count). The SMILES string of the molecule is COc1ccc(F)cc1C(=O)c1cc(N)cc(F)c1. The van der Waals surface area contributed by atoms with E-state index in [2.05, 4.69) is 0 Å². The summed E-state index contributed by atoms with van der Waals surface area (Å²) in [4.78, 5) is 12.2. The van der Waals surface area contributed by atoms with Crippen molar-refractivity contribution in [2.45, 2.75) is 0 Å². The lowest BCUT2D eigenvalue weighted by atomic mass is 10.0. The van der Waals surface area contributed by atoms with E-state index in [4.69, 9.17) is 10.5 Å². The molecule has 98 valence electrons. The molecule has 5 heteroatoms. The summed E-state index contributed by atoms with van der Waals surface area (Å²) < 4.78 is 31.4. The number of methoxy groups -OCH3 is 1. The molecule has 2 N–H and O–H groups in total. The van der Waals surface area contributed by atoms with E-state index >= 15 is 0 Å². The van der Waals surface area contributed by atoms with Crippen LogP contribution in [-0.4, -0.2) is 12.9 Å². The Hall–Kier alpha value is -2.43. The predicted octanol–water partition coefficient (Wildman–Crippen LogP) is 2.79. The molecule has 0 spiro atoms. The first-order valence-electron chi connectivity index (χ1n) is 5.45. The Labute approximate surface area is 108 Å². The second kappa shape index (κ2) is 5.06. The van der Waals surface area contributed by atoms with Crippen molar-refractivity contribution in [3.05, 3.63) is 59.2 Å². The van der Waals surface area contributed by atoms with Crippen molar-refractivity contribution < 1.29 is 18.3 Å². The largest absolute Gasteiger partial charge is 0.496 e. The third kappa shape index (κ3) is 2.70. The molecule has 2 aromatic carbocycles. The zero-order valence-corrected chi connectivity index (χ0v) is 10.1.